The first-order valence-corrected chi connectivity index (χ1v) is 5.74. The van der Waals surface area contributed by atoms with E-state index in [-0.39, 0.29) is 18.1 Å². The van der Waals surface area contributed by atoms with Gasteiger partial charge in [0.15, 0.2) is 0 Å². The van der Waals surface area contributed by atoms with Gasteiger partial charge in [0.2, 0.25) is 5.91 Å². The number of aromatic nitrogens is 1. The Morgan fingerprint density at radius 1 is 1.47 bits per heavy atom. The molecule has 0 bridgehead atoms. The summed E-state index contributed by atoms with van der Waals surface area (Å²) >= 11 is 0. The zero-order valence-corrected chi connectivity index (χ0v) is 10.1. The first-order chi connectivity index (χ1) is 8.24. The van der Waals surface area contributed by atoms with Crippen molar-refractivity contribution in [2.45, 2.75) is 19.1 Å². The van der Waals surface area contributed by atoms with Crippen LogP contribution in [-0.2, 0) is 9.53 Å². The standard InChI is InChI=1S/C12H17N3O2/c1-9-11(13-2)12(16)15(7-8-17-9)10-3-5-14-6-4-10/h3-6,9,11,13H,7-8H2,1-2H3. The number of rotatable bonds is 2. The molecule has 2 rings (SSSR count). The van der Waals surface area contributed by atoms with Gasteiger partial charge in [-0.15, -0.1) is 0 Å². The predicted octanol–water partition coefficient (Wildman–Crippen LogP) is 0.421. The molecule has 1 amide bonds. The largest absolute Gasteiger partial charge is 0.374 e. The molecule has 1 N–H and O–H groups in total. The van der Waals surface area contributed by atoms with Crippen LogP contribution in [0.4, 0.5) is 5.69 Å². The minimum Gasteiger partial charge on any atom is -0.374 e. The summed E-state index contributed by atoms with van der Waals surface area (Å²) in [5.74, 6) is 0.0451. The summed E-state index contributed by atoms with van der Waals surface area (Å²) in [7, 11) is 1.78. The Balaban J connectivity index is 2.25. The lowest BCUT2D eigenvalue weighted by Crippen LogP contribution is -2.49. The van der Waals surface area contributed by atoms with E-state index in [0.717, 1.165) is 5.69 Å². The monoisotopic (exact) mass is 235 g/mol. The molecule has 2 unspecified atom stereocenters. The van der Waals surface area contributed by atoms with Crippen molar-refractivity contribution in [1.82, 2.24) is 10.3 Å². The van der Waals surface area contributed by atoms with Crippen LogP contribution in [0.1, 0.15) is 6.92 Å². The van der Waals surface area contributed by atoms with Crippen LogP contribution in [0.25, 0.3) is 0 Å². The van der Waals surface area contributed by atoms with E-state index in [4.69, 9.17) is 4.74 Å². The fourth-order valence-corrected chi connectivity index (χ4v) is 2.04. The first kappa shape index (κ1) is 12.0. The lowest BCUT2D eigenvalue weighted by atomic mass is 10.1. The van der Waals surface area contributed by atoms with Gasteiger partial charge in [-0.1, -0.05) is 0 Å². The summed E-state index contributed by atoms with van der Waals surface area (Å²) in [5, 5.41) is 3.01. The van der Waals surface area contributed by atoms with Gasteiger partial charge >= 0.3 is 0 Å². The molecule has 0 aliphatic carbocycles. The van der Waals surface area contributed by atoms with Gasteiger partial charge in [0, 0.05) is 24.6 Å². The van der Waals surface area contributed by atoms with E-state index in [1.807, 2.05) is 19.1 Å². The number of anilines is 1. The number of amides is 1. The van der Waals surface area contributed by atoms with Gasteiger partial charge in [-0.2, -0.15) is 0 Å². The topological polar surface area (TPSA) is 54.5 Å². The van der Waals surface area contributed by atoms with Gasteiger partial charge in [0.25, 0.3) is 0 Å². The van der Waals surface area contributed by atoms with E-state index in [9.17, 15) is 4.79 Å². The molecule has 17 heavy (non-hydrogen) atoms. The van der Waals surface area contributed by atoms with Crippen LogP contribution in [0.5, 0.6) is 0 Å². The van der Waals surface area contributed by atoms with Crippen molar-refractivity contribution in [2.75, 3.05) is 25.1 Å². The van der Waals surface area contributed by atoms with Crippen LogP contribution >= 0.6 is 0 Å². The molecule has 0 spiro atoms. The maximum Gasteiger partial charge on any atom is 0.246 e. The van der Waals surface area contributed by atoms with Crippen molar-refractivity contribution >= 4 is 11.6 Å². The molecule has 1 aromatic rings. The molecule has 1 aliphatic heterocycles. The van der Waals surface area contributed by atoms with Crippen molar-refractivity contribution in [3.63, 3.8) is 0 Å². The molecular formula is C12H17N3O2. The highest BCUT2D eigenvalue weighted by Gasteiger charge is 2.32. The maximum absolute atomic E-state index is 12.4. The predicted molar refractivity (Wildman–Crippen MR) is 64.9 cm³/mol. The number of nitrogens with one attached hydrogen (secondary N) is 1. The Kier molecular flexibility index (Phi) is 3.71. The van der Waals surface area contributed by atoms with Gasteiger partial charge in [0.1, 0.15) is 6.04 Å². The van der Waals surface area contributed by atoms with Gasteiger partial charge in [0.05, 0.1) is 12.7 Å². The molecule has 1 aliphatic rings. The summed E-state index contributed by atoms with van der Waals surface area (Å²) in [6.07, 6.45) is 3.26. The Morgan fingerprint density at radius 2 is 2.18 bits per heavy atom. The second kappa shape index (κ2) is 5.25. The number of pyridine rings is 1. The normalized spacial score (nSPS) is 25.8. The maximum atomic E-state index is 12.4. The van der Waals surface area contributed by atoms with E-state index < -0.39 is 0 Å². The van der Waals surface area contributed by atoms with Gasteiger partial charge in [-0.3, -0.25) is 9.78 Å². The van der Waals surface area contributed by atoms with Crippen LogP contribution in [0.15, 0.2) is 24.5 Å². The third-order valence-corrected chi connectivity index (χ3v) is 2.98. The van der Waals surface area contributed by atoms with E-state index in [2.05, 4.69) is 10.3 Å². The Hall–Kier alpha value is -1.46. The van der Waals surface area contributed by atoms with E-state index in [0.29, 0.717) is 13.2 Å². The highest BCUT2D eigenvalue weighted by molar-refractivity contribution is 5.97. The molecular weight excluding hydrogens is 218 g/mol. The zero-order chi connectivity index (χ0) is 12.3. The third kappa shape index (κ3) is 2.45. The molecule has 0 saturated carbocycles. The Bertz CT molecular complexity index is 383. The summed E-state index contributed by atoms with van der Waals surface area (Å²) in [6.45, 7) is 3.04. The summed E-state index contributed by atoms with van der Waals surface area (Å²) in [6, 6.07) is 3.37. The summed E-state index contributed by atoms with van der Waals surface area (Å²) < 4.78 is 5.59. The van der Waals surface area contributed by atoms with Crippen molar-refractivity contribution < 1.29 is 9.53 Å². The fraction of sp³-hybridized carbons (Fsp3) is 0.500. The van der Waals surface area contributed by atoms with Crippen LogP contribution < -0.4 is 10.2 Å². The van der Waals surface area contributed by atoms with Crippen LogP contribution in [0.2, 0.25) is 0 Å². The number of likely N-dealkylation sites (N-methyl/N-ethyl adjacent to an activating group) is 1. The second-order valence-corrected chi connectivity index (χ2v) is 4.04. The minimum absolute atomic E-state index is 0.0451. The average Bonchev–Trinajstić information content (AvgIpc) is 2.49. The minimum atomic E-state index is -0.300. The average molecular weight is 235 g/mol. The zero-order valence-electron chi connectivity index (χ0n) is 10.1. The van der Waals surface area contributed by atoms with Crippen LogP contribution in [0, 0.1) is 0 Å². The number of hydrogen-bond acceptors (Lipinski definition) is 4. The third-order valence-electron chi connectivity index (χ3n) is 2.98. The molecule has 0 aromatic carbocycles. The number of nitrogens with zero attached hydrogens (tertiary/aromatic N) is 2. The Morgan fingerprint density at radius 3 is 2.82 bits per heavy atom. The summed E-state index contributed by atoms with van der Waals surface area (Å²) in [5.41, 5.74) is 0.864. The fourth-order valence-electron chi connectivity index (χ4n) is 2.04. The van der Waals surface area contributed by atoms with Gasteiger partial charge in [-0.25, -0.2) is 0 Å². The molecule has 92 valence electrons. The first-order valence-electron chi connectivity index (χ1n) is 5.74. The number of carbonyl (C=O) groups is 1. The van der Waals surface area contributed by atoms with Crippen molar-refractivity contribution in [2.24, 2.45) is 0 Å². The molecule has 1 fully saturated rings. The lowest BCUT2D eigenvalue weighted by molar-refractivity contribution is -0.122. The molecule has 1 aromatic heterocycles. The molecule has 2 atom stereocenters. The highest BCUT2D eigenvalue weighted by Crippen LogP contribution is 2.17. The molecule has 1 saturated heterocycles. The molecule has 0 radical (unpaired) electrons. The smallest absolute Gasteiger partial charge is 0.246 e. The van der Waals surface area contributed by atoms with Crippen LogP contribution in [0.3, 0.4) is 0 Å². The molecule has 2 heterocycles. The SMILES string of the molecule is CNC1C(=O)N(c2ccncc2)CCOC1C. The summed E-state index contributed by atoms with van der Waals surface area (Å²) in [4.78, 5) is 18.1. The van der Waals surface area contributed by atoms with E-state index in [1.54, 1.807) is 24.3 Å². The number of hydrogen-bond donors (Lipinski definition) is 1. The van der Waals surface area contributed by atoms with E-state index in [1.165, 1.54) is 0 Å². The highest BCUT2D eigenvalue weighted by atomic mass is 16.5. The number of ether oxygens (including phenoxy) is 1. The van der Waals surface area contributed by atoms with Crippen molar-refractivity contribution in [3.8, 4) is 0 Å². The molecule has 5 heteroatoms. The van der Waals surface area contributed by atoms with Crippen molar-refractivity contribution in [1.29, 1.82) is 0 Å². The Labute approximate surface area is 101 Å². The lowest BCUT2D eigenvalue weighted by Gasteiger charge is -2.24. The van der Waals surface area contributed by atoms with Crippen LogP contribution in [-0.4, -0.2) is 43.2 Å². The number of carbonyl (C=O) groups excluding carboxylic acids is 1. The van der Waals surface area contributed by atoms with Crippen molar-refractivity contribution in [3.05, 3.63) is 24.5 Å². The van der Waals surface area contributed by atoms with E-state index >= 15 is 0 Å². The quantitative estimate of drug-likeness (QED) is 0.807. The molecule has 5 nitrogen and oxygen atoms in total. The van der Waals surface area contributed by atoms with Gasteiger partial charge in [-0.05, 0) is 26.1 Å². The van der Waals surface area contributed by atoms with Gasteiger partial charge < -0.3 is 15.0 Å². The second-order valence-electron chi connectivity index (χ2n) is 4.04.